The summed E-state index contributed by atoms with van der Waals surface area (Å²) >= 11 is 0. The van der Waals surface area contributed by atoms with E-state index in [4.69, 9.17) is 14.7 Å². The molecule has 0 N–H and O–H groups in total. The SMILES string of the molecule is c1cc2cc(c1)-c1cccc(n1)C1(c3cccc(n3)-c3cccc(c3)CC2)c2ccccc2Oc2ccccc21. The van der Waals surface area contributed by atoms with Gasteiger partial charge in [-0.25, -0.2) is 0 Å². The van der Waals surface area contributed by atoms with Crippen LogP contribution < -0.4 is 4.74 Å². The predicted octanol–water partition coefficient (Wildman–Crippen LogP) is 8.40. The Balaban J connectivity index is 1.52. The van der Waals surface area contributed by atoms with Gasteiger partial charge >= 0.3 is 0 Å². The number of benzene rings is 4. The Labute approximate surface area is 233 Å². The second kappa shape index (κ2) is 9.03. The van der Waals surface area contributed by atoms with Gasteiger partial charge in [0, 0.05) is 22.3 Å². The molecule has 8 bridgehead atoms. The number of rotatable bonds is 0. The maximum Gasteiger partial charge on any atom is 0.132 e. The first-order chi connectivity index (χ1) is 19.8. The van der Waals surface area contributed by atoms with Crippen molar-refractivity contribution in [3.05, 3.63) is 167 Å². The summed E-state index contributed by atoms with van der Waals surface area (Å²) in [5.74, 6) is 1.64. The van der Waals surface area contributed by atoms with Gasteiger partial charge in [0.15, 0.2) is 0 Å². The summed E-state index contributed by atoms with van der Waals surface area (Å²) in [5, 5.41) is 0. The number of hydrogen-bond donors (Lipinski definition) is 0. The molecule has 40 heavy (non-hydrogen) atoms. The third-order valence-corrected chi connectivity index (χ3v) is 8.22. The number of aromatic nitrogens is 2. The molecule has 2 aliphatic rings. The molecule has 0 atom stereocenters. The molecular weight excluding hydrogens is 488 g/mol. The quantitative estimate of drug-likeness (QED) is 0.204. The molecule has 1 spiro atoms. The minimum atomic E-state index is -0.771. The Bertz CT molecular complexity index is 1770. The van der Waals surface area contributed by atoms with Gasteiger partial charge in [-0.2, -0.15) is 0 Å². The Morgan fingerprint density at radius 2 is 0.950 bits per heavy atom. The third kappa shape index (κ3) is 3.51. The van der Waals surface area contributed by atoms with Gasteiger partial charge in [0.2, 0.25) is 0 Å². The highest BCUT2D eigenvalue weighted by atomic mass is 16.5. The number of para-hydroxylation sites is 2. The Hall–Kier alpha value is -5.02. The van der Waals surface area contributed by atoms with Crippen LogP contribution in [0, 0.1) is 0 Å². The molecular formula is C37H26N2O. The molecule has 3 heteroatoms. The molecule has 2 aromatic heterocycles. The number of aryl methyl sites for hydroxylation is 2. The molecule has 0 radical (unpaired) electrons. The molecule has 4 aromatic carbocycles. The summed E-state index contributed by atoms with van der Waals surface area (Å²) in [6.45, 7) is 0. The highest BCUT2D eigenvalue weighted by Crippen LogP contribution is 2.54. The molecule has 190 valence electrons. The normalized spacial score (nSPS) is 14.2. The number of hydrogen-bond acceptors (Lipinski definition) is 3. The van der Waals surface area contributed by atoms with Gasteiger partial charge in [0.1, 0.15) is 16.9 Å². The van der Waals surface area contributed by atoms with Gasteiger partial charge < -0.3 is 4.74 Å². The fraction of sp³-hybridized carbons (Fsp3) is 0.0811. The monoisotopic (exact) mass is 514 g/mol. The number of nitrogens with zero attached hydrogens (tertiary/aromatic N) is 2. The smallest absolute Gasteiger partial charge is 0.132 e. The van der Waals surface area contributed by atoms with E-state index < -0.39 is 5.41 Å². The van der Waals surface area contributed by atoms with Crippen LogP contribution in [-0.4, -0.2) is 9.97 Å². The lowest BCUT2D eigenvalue weighted by Crippen LogP contribution is -2.36. The Morgan fingerprint density at radius 1 is 0.475 bits per heavy atom. The zero-order valence-corrected chi connectivity index (χ0v) is 21.9. The zero-order chi connectivity index (χ0) is 26.5. The molecule has 0 amide bonds. The summed E-state index contributed by atoms with van der Waals surface area (Å²) in [4.78, 5) is 10.8. The molecule has 0 saturated heterocycles. The first-order valence-electron chi connectivity index (χ1n) is 13.8. The average molecular weight is 515 g/mol. The van der Waals surface area contributed by atoms with Crippen LogP contribution in [-0.2, 0) is 18.3 Å². The van der Waals surface area contributed by atoms with Crippen LogP contribution in [0.25, 0.3) is 22.5 Å². The van der Waals surface area contributed by atoms with Crippen molar-refractivity contribution in [2.24, 2.45) is 0 Å². The van der Waals surface area contributed by atoms with Crippen molar-refractivity contribution in [3.63, 3.8) is 0 Å². The van der Waals surface area contributed by atoms with Crippen molar-refractivity contribution in [2.45, 2.75) is 18.3 Å². The first-order valence-corrected chi connectivity index (χ1v) is 13.8. The van der Waals surface area contributed by atoms with E-state index in [1.807, 2.05) is 24.3 Å². The van der Waals surface area contributed by atoms with Crippen molar-refractivity contribution < 1.29 is 4.74 Å². The second-order valence-corrected chi connectivity index (χ2v) is 10.6. The fourth-order valence-corrected chi connectivity index (χ4v) is 6.35. The molecule has 0 aliphatic carbocycles. The molecule has 0 saturated carbocycles. The molecule has 4 heterocycles. The van der Waals surface area contributed by atoms with Crippen LogP contribution in [0.5, 0.6) is 11.5 Å². The van der Waals surface area contributed by atoms with Crippen LogP contribution in [0.15, 0.2) is 133 Å². The van der Waals surface area contributed by atoms with E-state index in [2.05, 4.69) is 109 Å². The van der Waals surface area contributed by atoms with E-state index in [9.17, 15) is 0 Å². The van der Waals surface area contributed by atoms with E-state index in [1.165, 1.54) is 11.1 Å². The minimum absolute atomic E-state index is 0.771. The molecule has 0 unspecified atom stereocenters. The van der Waals surface area contributed by atoms with Crippen LogP contribution in [0.1, 0.15) is 33.6 Å². The Kier molecular flexibility index (Phi) is 5.17. The lowest BCUT2D eigenvalue weighted by molar-refractivity contribution is 0.430. The summed E-state index contributed by atoms with van der Waals surface area (Å²) in [5.41, 5.74) is 9.90. The van der Waals surface area contributed by atoms with E-state index in [0.29, 0.717) is 0 Å². The van der Waals surface area contributed by atoms with Crippen molar-refractivity contribution >= 4 is 0 Å². The zero-order valence-electron chi connectivity index (χ0n) is 21.9. The van der Waals surface area contributed by atoms with E-state index in [1.54, 1.807) is 0 Å². The second-order valence-electron chi connectivity index (χ2n) is 10.6. The van der Waals surface area contributed by atoms with Crippen molar-refractivity contribution in [3.8, 4) is 34.0 Å². The largest absolute Gasteiger partial charge is 0.457 e. The topological polar surface area (TPSA) is 35.0 Å². The third-order valence-electron chi connectivity index (χ3n) is 8.22. The lowest BCUT2D eigenvalue weighted by Gasteiger charge is -2.39. The summed E-state index contributed by atoms with van der Waals surface area (Å²) in [7, 11) is 0. The highest BCUT2D eigenvalue weighted by molar-refractivity contribution is 5.70. The van der Waals surface area contributed by atoms with E-state index in [-0.39, 0.29) is 0 Å². The van der Waals surface area contributed by atoms with Crippen LogP contribution >= 0.6 is 0 Å². The van der Waals surface area contributed by atoms with E-state index >= 15 is 0 Å². The standard InChI is InChI=1S/C37H26N2O/c1-3-17-33-29(13-1)37(30-14-2-4-18-34(30)40-33)35-19-7-15-31(38-35)27-11-5-9-25(23-27)21-22-26-10-6-12-28(24-26)32-16-8-20-36(37)39-32/h1-20,23-24H,21-22H2. The van der Waals surface area contributed by atoms with Gasteiger partial charge in [-0.15, -0.1) is 0 Å². The van der Waals surface area contributed by atoms with Crippen LogP contribution in [0.2, 0.25) is 0 Å². The summed E-state index contributed by atoms with van der Waals surface area (Å²) in [6, 6.07) is 47.0. The molecule has 2 aliphatic heterocycles. The maximum atomic E-state index is 6.49. The highest BCUT2D eigenvalue weighted by Gasteiger charge is 2.47. The molecule has 6 aromatic rings. The number of ether oxygens (including phenoxy) is 1. The van der Waals surface area contributed by atoms with Crippen LogP contribution in [0.3, 0.4) is 0 Å². The van der Waals surface area contributed by atoms with Gasteiger partial charge in [0.05, 0.1) is 22.8 Å². The van der Waals surface area contributed by atoms with Gasteiger partial charge in [-0.3, -0.25) is 9.97 Å². The molecule has 8 rings (SSSR count). The fourth-order valence-electron chi connectivity index (χ4n) is 6.35. The molecule has 3 nitrogen and oxygen atoms in total. The van der Waals surface area contributed by atoms with Crippen LogP contribution in [0.4, 0.5) is 0 Å². The Morgan fingerprint density at radius 3 is 1.48 bits per heavy atom. The summed E-state index contributed by atoms with van der Waals surface area (Å²) < 4.78 is 6.49. The van der Waals surface area contributed by atoms with Crippen molar-refractivity contribution in [1.29, 1.82) is 0 Å². The van der Waals surface area contributed by atoms with Crippen molar-refractivity contribution in [1.82, 2.24) is 9.97 Å². The van der Waals surface area contributed by atoms with Gasteiger partial charge in [-0.05, 0) is 72.5 Å². The van der Waals surface area contributed by atoms with E-state index in [0.717, 1.165) is 69.4 Å². The lowest BCUT2D eigenvalue weighted by atomic mass is 9.67. The number of pyridine rings is 2. The maximum absolute atomic E-state index is 6.49. The minimum Gasteiger partial charge on any atom is -0.457 e. The van der Waals surface area contributed by atoms with Gasteiger partial charge in [-0.1, -0.05) is 84.9 Å². The summed E-state index contributed by atoms with van der Waals surface area (Å²) in [6.07, 6.45) is 1.93. The van der Waals surface area contributed by atoms with Gasteiger partial charge in [0.25, 0.3) is 0 Å². The van der Waals surface area contributed by atoms with Crippen molar-refractivity contribution in [2.75, 3.05) is 0 Å². The average Bonchev–Trinajstić information content (AvgIpc) is 3.03. The molecule has 0 fully saturated rings. The number of fused-ring (bicyclic) bond motifs is 16. The first kappa shape index (κ1) is 22.9. The predicted molar refractivity (Wildman–Crippen MR) is 159 cm³/mol.